The van der Waals surface area contributed by atoms with Crippen LogP contribution in [0.15, 0.2) is 22.7 Å². The van der Waals surface area contributed by atoms with Crippen molar-refractivity contribution >= 4 is 45.1 Å². The number of aromatic amines is 1. The number of carbonyl (C=O) groups is 2. The molecule has 1 aliphatic carbocycles. The standard InChI is InChI=1S/C20H19BrN2O3/c1-2-26-20(25)18-13-6-4-3-5-12(13)17(22-18)10-15-14-9-11(21)7-8-16(14)23-19(15)24/h7-10,22H,2-6H2,1H3,(H,23,24)/b15-10-. The quantitative estimate of drug-likeness (QED) is 0.579. The van der Waals surface area contributed by atoms with E-state index in [0.717, 1.165) is 58.2 Å². The number of carbonyl (C=O) groups excluding carboxylic acids is 2. The van der Waals surface area contributed by atoms with Gasteiger partial charge in [-0.05, 0) is 68.0 Å². The highest BCUT2D eigenvalue weighted by Crippen LogP contribution is 2.37. The van der Waals surface area contributed by atoms with Crippen molar-refractivity contribution in [2.45, 2.75) is 32.6 Å². The molecule has 5 nitrogen and oxygen atoms in total. The van der Waals surface area contributed by atoms with Gasteiger partial charge in [-0.3, -0.25) is 4.79 Å². The highest BCUT2D eigenvalue weighted by molar-refractivity contribution is 9.10. The van der Waals surface area contributed by atoms with Crippen molar-refractivity contribution in [3.05, 3.63) is 50.8 Å². The Kier molecular flexibility index (Phi) is 4.44. The maximum atomic E-state index is 12.5. The summed E-state index contributed by atoms with van der Waals surface area (Å²) in [5.74, 6) is -0.454. The first kappa shape index (κ1) is 17.1. The fourth-order valence-electron chi connectivity index (χ4n) is 3.71. The molecular formula is C20H19BrN2O3. The second-order valence-electron chi connectivity index (χ2n) is 6.50. The molecule has 2 N–H and O–H groups in total. The number of anilines is 1. The normalized spacial score (nSPS) is 17.0. The van der Waals surface area contributed by atoms with Crippen molar-refractivity contribution in [2.75, 3.05) is 11.9 Å². The SMILES string of the molecule is CCOC(=O)c1[nH]c(/C=C2\C(=O)Nc3ccc(Br)cc32)c2c1CCCC2. The molecule has 0 bridgehead atoms. The van der Waals surface area contributed by atoms with E-state index in [-0.39, 0.29) is 11.9 Å². The summed E-state index contributed by atoms with van der Waals surface area (Å²) in [6.45, 7) is 2.14. The molecule has 6 heteroatoms. The Morgan fingerprint density at radius 3 is 2.81 bits per heavy atom. The second kappa shape index (κ2) is 6.76. The maximum Gasteiger partial charge on any atom is 0.355 e. The van der Waals surface area contributed by atoms with E-state index in [1.807, 2.05) is 24.3 Å². The monoisotopic (exact) mass is 414 g/mol. The first-order chi connectivity index (χ1) is 12.6. The van der Waals surface area contributed by atoms with Gasteiger partial charge in [0.2, 0.25) is 0 Å². The third kappa shape index (κ3) is 2.88. The molecular weight excluding hydrogens is 396 g/mol. The lowest BCUT2D eigenvalue weighted by molar-refractivity contribution is -0.110. The molecule has 26 heavy (non-hydrogen) atoms. The van der Waals surface area contributed by atoms with Gasteiger partial charge in [0.25, 0.3) is 5.91 Å². The third-order valence-corrected chi connectivity index (χ3v) is 5.38. The molecule has 0 atom stereocenters. The number of aromatic nitrogens is 1. The average Bonchev–Trinajstić information content (AvgIpc) is 3.14. The molecule has 1 aliphatic heterocycles. The zero-order chi connectivity index (χ0) is 18.3. The van der Waals surface area contributed by atoms with Gasteiger partial charge in [0.15, 0.2) is 0 Å². The van der Waals surface area contributed by atoms with E-state index in [2.05, 4.69) is 26.2 Å². The average molecular weight is 415 g/mol. The smallest absolute Gasteiger partial charge is 0.355 e. The Morgan fingerprint density at radius 2 is 2.04 bits per heavy atom. The van der Waals surface area contributed by atoms with E-state index in [9.17, 15) is 9.59 Å². The minimum absolute atomic E-state index is 0.130. The van der Waals surface area contributed by atoms with Crippen LogP contribution >= 0.6 is 15.9 Å². The van der Waals surface area contributed by atoms with Gasteiger partial charge in [-0.1, -0.05) is 15.9 Å². The summed E-state index contributed by atoms with van der Waals surface area (Å²) < 4.78 is 6.11. The molecule has 134 valence electrons. The highest BCUT2D eigenvalue weighted by atomic mass is 79.9. The molecule has 0 spiro atoms. The van der Waals surface area contributed by atoms with Crippen LogP contribution in [0, 0.1) is 0 Å². The van der Waals surface area contributed by atoms with E-state index in [1.165, 1.54) is 0 Å². The second-order valence-corrected chi connectivity index (χ2v) is 7.42. The van der Waals surface area contributed by atoms with Gasteiger partial charge in [-0.15, -0.1) is 0 Å². The van der Waals surface area contributed by atoms with E-state index >= 15 is 0 Å². The van der Waals surface area contributed by atoms with E-state index < -0.39 is 0 Å². The summed E-state index contributed by atoms with van der Waals surface area (Å²) in [5.41, 5.74) is 5.79. The first-order valence-electron chi connectivity index (χ1n) is 8.82. The van der Waals surface area contributed by atoms with Crippen molar-refractivity contribution < 1.29 is 14.3 Å². The lowest BCUT2D eigenvalue weighted by Crippen LogP contribution is -2.10. The largest absolute Gasteiger partial charge is 0.461 e. The number of benzene rings is 1. The summed E-state index contributed by atoms with van der Waals surface area (Å²) in [4.78, 5) is 28.0. The van der Waals surface area contributed by atoms with Crippen LogP contribution in [0.25, 0.3) is 11.6 Å². The van der Waals surface area contributed by atoms with Crippen molar-refractivity contribution in [1.29, 1.82) is 0 Å². The summed E-state index contributed by atoms with van der Waals surface area (Å²) in [6.07, 6.45) is 5.76. The number of H-pyrrole nitrogens is 1. The van der Waals surface area contributed by atoms with Crippen molar-refractivity contribution in [3.8, 4) is 0 Å². The Morgan fingerprint density at radius 1 is 1.27 bits per heavy atom. The molecule has 1 aromatic carbocycles. The van der Waals surface area contributed by atoms with Crippen LogP contribution in [-0.4, -0.2) is 23.5 Å². The summed E-state index contributed by atoms with van der Waals surface area (Å²) in [5, 5.41) is 2.89. The van der Waals surface area contributed by atoms with Crippen LogP contribution in [0.5, 0.6) is 0 Å². The zero-order valence-electron chi connectivity index (χ0n) is 14.4. The number of ether oxygens (including phenoxy) is 1. The molecule has 2 aliphatic rings. The van der Waals surface area contributed by atoms with Crippen molar-refractivity contribution in [2.24, 2.45) is 0 Å². The van der Waals surface area contributed by atoms with Crippen molar-refractivity contribution in [1.82, 2.24) is 4.98 Å². The molecule has 0 saturated heterocycles. The number of halogens is 1. The van der Waals surface area contributed by atoms with Gasteiger partial charge in [0, 0.05) is 21.4 Å². The predicted molar refractivity (Wildman–Crippen MR) is 104 cm³/mol. The molecule has 0 unspecified atom stereocenters. The summed E-state index contributed by atoms with van der Waals surface area (Å²) >= 11 is 3.46. The lowest BCUT2D eigenvalue weighted by Gasteiger charge is -2.13. The summed E-state index contributed by atoms with van der Waals surface area (Å²) in [7, 11) is 0. The Labute approximate surface area is 159 Å². The molecule has 1 aromatic heterocycles. The van der Waals surface area contributed by atoms with E-state index in [1.54, 1.807) is 6.92 Å². The summed E-state index contributed by atoms with van der Waals surface area (Å²) in [6, 6.07) is 5.71. The van der Waals surface area contributed by atoms with E-state index in [4.69, 9.17) is 4.74 Å². The first-order valence-corrected chi connectivity index (χ1v) is 9.61. The molecule has 2 aromatic rings. The van der Waals surface area contributed by atoms with Gasteiger partial charge >= 0.3 is 5.97 Å². The fraction of sp³-hybridized carbons (Fsp3) is 0.300. The van der Waals surface area contributed by atoms with Crippen LogP contribution < -0.4 is 5.32 Å². The number of hydrogen-bond acceptors (Lipinski definition) is 3. The third-order valence-electron chi connectivity index (χ3n) is 4.89. The zero-order valence-corrected chi connectivity index (χ0v) is 16.0. The predicted octanol–water partition coefficient (Wildman–Crippen LogP) is 4.33. The minimum Gasteiger partial charge on any atom is -0.461 e. The number of hydrogen-bond donors (Lipinski definition) is 2. The molecule has 4 rings (SSSR count). The van der Waals surface area contributed by atoms with Gasteiger partial charge in [0.05, 0.1) is 12.2 Å². The van der Waals surface area contributed by atoms with Gasteiger partial charge in [0.1, 0.15) is 5.69 Å². The lowest BCUT2D eigenvalue weighted by atomic mass is 9.91. The minimum atomic E-state index is -0.325. The van der Waals surface area contributed by atoms with Gasteiger partial charge in [-0.2, -0.15) is 0 Å². The van der Waals surface area contributed by atoms with Crippen LogP contribution in [0.4, 0.5) is 5.69 Å². The number of fused-ring (bicyclic) bond motifs is 2. The molecule has 0 fully saturated rings. The Bertz CT molecular complexity index is 943. The van der Waals surface area contributed by atoms with Gasteiger partial charge in [-0.25, -0.2) is 4.79 Å². The Balaban J connectivity index is 1.82. The van der Waals surface area contributed by atoms with Crippen LogP contribution in [0.1, 0.15) is 52.6 Å². The molecule has 0 radical (unpaired) electrons. The fourth-order valence-corrected chi connectivity index (χ4v) is 4.07. The topological polar surface area (TPSA) is 71.2 Å². The maximum absolute atomic E-state index is 12.5. The molecule has 0 saturated carbocycles. The molecule has 2 heterocycles. The number of amides is 1. The van der Waals surface area contributed by atoms with Crippen molar-refractivity contribution in [3.63, 3.8) is 0 Å². The van der Waals surface area contributed by atoms with Gasteiger partial charge < -0.3 is 15.0 Å². The van der Waals surface area contributed by atoms with E-state index in [0.29, 0.717) is 17.9 Å². The highest BCUT2D eigenvalue weighted by Gasteiger charge is 2.28. The van der Waals surface area contributed by atoms with Crippen LogP contribution in [-0.2, 0) is 22.4 Å². The number of esters is 1. The number of nitrogens with one attached hydrogen (secondary N) is 2. The van der Waals surface area contributed by atoms with Crippen LogP contribution in [0.3, 0.4) is 0 Å². The Hall–Kier alpha value is -2.34. The van der Waals surface area contributed by atoms with Crippen LogP contribution in [0.2, 0.25) is 0 Å². The number of rotatable bonds is 3. The molecule has 1 amide bonds.